The van der Waals surface area contributed by atoms with Gasteiger partial charge < -0.3 is 20.4 Å². The predicted octanol–water partition coefficient (Wildman–Crippen LogP) is 3.72. The van der Waals surface area contributed by atoms with Crippen molar-refractivity contribution in [2.45, 2.75) is 5.54 Å². The van der Waals surface area contributed by atoms with Gasteiger partial charge in [-0.1, -0.05) is 36.4 Å². The van der Waals surface area contributed by atoms with Crippen LogP contribution in [0.1, 0.15) is 11.1 Å². The van der Waals surface area contributed by atoms with Crippen LogP contribution in [0.5, 0.6) is 5.75 Å². The molecule has 0 saturated carbocycles. The number of hydrogen-bond acceptors (Lipinski definition) is 7. The van der Waals surface area contributed by atoms with Crippen molar-refractivity contribution < 1.29 is 19.0 Å². The van der Waals surface area contributed by atoms with E-state index < -0.39 is 5.54 Å². The average Bonchev–Trinajstić information content (AvgIpc) is 3.20. The molecule has 29 heavy (non-hydrogen) atoms. The third-order valence-corrected chi connectivity index (χ3v) is 4.74. The van der Waals surface area contributed by atoms with Crippen molar-refractivity contribution in [1.29, 1.82) is 0 Å². The number of carbonyl (C=O) groups excluding carboxylic acids is 1. The van der Waals surface area contributed by atoms with Crippen molar-refractivity contribution in [3.63, 3.8) is 0 Å². The summed E-state index contributed by atoms with van der Waals surface area (Å²) in [4.78, 5) is 19.6. The normalized spacial score (nSPS) is 17.5. The van der Waals surface area contributed by atoms with E-state index in [1.165, 1.54) is 0 Å². The lowest BCUT2D eigenvalue weighted by molar-refractivity contribution is -0.123. The number of rotatable bonds is 5. The van der Waals surface area contributed by atoms with Gasteiger partial charge in [0.25, 0.3) is 0 Å². The average molecular weight is 391 g/mol. The molecule has 1 aromatic heterocycles. The van der Waals surface area contributed by atoms with Gasteiger partial charge in [0.05, 0.1) is 7.11 Å². The number of nitrogens with zero attached hydrogens (tertiary/aromatic N) is 2. The highest BCUT2D eigenvalue weighted by molar-refractivity contribution is 5.77. The zero-order valence-electron chi connectivity index (χ0n) is 15.9. The van der Waals surface area contributed by atoms with Gasteiger partial charge in [-0.15, -0.1) is 0 Å². The minimum absolute atomic E-state index is 0. The molecule has 3 N–H and O–H groups in total. The highest BCUT2D eigenvalue weighted by atomic mass is 16.7. The van der Waals surface area contributed by atoms with Gasteiger partial charge in [0.15, 0.2) is 5.54 Å². The summed E-state index contributed by atoms with van der Waals surface area (Å²) in [6, 6.07) is 19.5. The number of pyridine rings is 1. The van der Waals surface area contributed by atoms with Gasteiger partial charge in [0.1, 0.15) is 12.4 Å². The molecule has 7 heteroatoms. The maximum absolute atomic E-state index is 10.8. The van der Waals surface area contributed by atoms with Crippen molar-refractivity contribution in [2.24, 2.45) is 4.99 Å². The molecule has 1 atom stereocenters. The first-order valence-corrected chi connectivity index (χ1v) is 8.73. The largest absolute Gasteiger partial charge is 0.497 e. The molecule has 3 aromatic rings. The molecule has 0 spiro atoms. The maximum atomic E-state index is 10.8. The zero-order valence-corrected chi connectivity index (χ0v) is 15.9. The van der Waals surface area contributed by atoms with Crippen LogP contribution in [0.25, 0.3) is 11.1 Å². The van der Waals surface area contributed by atoms with Crippen LogP contribution in [-0.2, 0) is 19.8 Å². The molecule has 2 aromatic carbocycles. The molecule has 7 nitrogen and oxygen atoms in total. The summed E-state index contributed by atoms with van der Waals surface area (Å²) in [5.41, 5.74) is 3.01. The second kappa shape index (κ2) is 8.53. The van der Waals surface area contributed by atoms with E-state index in [2.05, 4.69) is 16.0 Å². The molecule has 0 radical (unpaired) electrons. The highest BCUT2D eigenvalue weighted by Gasteiger charge is 2.41. The van der Waals surface area contributed by atoms with Crippen LogP contribution in [0.15, 0.2) is 78.0 Å². The van der Waals surface area contributed by atoms with Gasteiger partial charge in [-0.05, 0) is 46.5 Å². The number of aromatic nitrogens is 1. The summed E-state index contributed by atoms with van der Waals surface area (Å²) in [5.74, 6) is 0.746. The molecule has 1 aliphatic heterocycles. The topological polar surface area (TPSA) is 105 Å². The Labute approximate surface area is 168 Å². The quantitative estimate of drug-likeness (QED) is 0.665. The van der Waals surface area contributed by atoms with Crippen LogP contribution in [-0.4, -0.2) is 31.3 Å². The Kier molecular flexibility index (Phi) is 5.90. The maximum Gasteiger partial charge on any atom is 0.392 e. The van der Waals surface area contributed by atoms with Gasteiger partial charge in [-0.2, -0.15) is 4.99 Å². The Morgan fingerprint density at radius 1 is 1.03 bits per heavy atom. The lowest BCUT2D eigenvalue weighted by atomic mass is 9.83. The number of ether oxygens (including phenoxy) is 3. The van der Waals surface area contributed by atoms with Gasteiger partial charge >= 0.3 is 12.6 Å². The molecule has 1 aliphatic rings. The fourth-order valence-electron chi connectivity index (χ4n) is 3.31. The smallest absolute Gasteiger partial charge is 0.392 e. The first-order chi connectivity index (χ1) is 13.7. The zero-order chi connectivity index (χ0) is 19.4. The third-order valence-electron chi connectivity index (χ3n) is 4.74. The summed E-state index contributed by atoms with van der Waals surface area (Å²) in [5, 5.41) is 0. The lowest BCUT2D eigenvalue weighted by Gasteiger charge is -2.25. The van der Waals surface area contributed by atoms with Crippen molar-refractivity contribution in [3.8, 4) is 16.9 Å². The summed E-state index contributed by atoms with van der Waals surface area (Å²) >= 11 is 0. The standard InChI is InChI=1S/C22H18N2O4.H3N/c1-26-20-9-7-18(8-10-20)22(14-27-21(24-22)28-15-25)19-6-2-4-16(12-19)17-5-3-11-23-13-17;/h2-13,15H,14H2,1H3;1H3. The number of benzene rings is 2. The molecular weight excluding hydrogens is 370 g/mol. The van der Waals surface area contributed by atoms with Gasteiger partial charge in [0, 0.05) is 12.4 Å². The fourth-order valence-corrected chi connectivity index (χ4v) is 3.31. The monoisotopic (exact) mass is 391 g/mol. The Morgan fingerprint density at radius 2 is 1.83 bits per heavy atom. The van der Waals surface area contributed by atoms with Crippen LogP contribution < -0.4 is 10.9 Å². The highest BCUT2D eigenvalue weighted by Crippen LogP contribution is 2.40. The van der Waals surface area contributed by atoms with E-state index in [0.29, 0.717) is 6.47 Å². The van der Waals surface area contributed by atoms with Crippen LogP contribution in [0, 0.1) is 0 Å². The summed E-state index contributed by atoms with van der Waals surface area (Å²) < 4.78 is 15.7. The minimum Gasteiger partial charge on any atom is -0.497 e. The number of carbonyl (C=O) groups is 1. The number of hydrogen-bond donors (Lipinski definition) is 1. The first kappa shape index (κ1) is 20.0. The third kappa shape index (κ3) is 3.81. The Morgan fingerprint density at radius 3 is 2.52 bits per heavy atom. The molecule has 0 fully saturated rings. The molecule has 4 rings (SSSR count). The molecule has 0 aliphatic carbocycles. The molecule has 0 bridgehead atoms. The van der Waals surface area contributed by atoms with E-state index in [4.69, 9.17) is 14.2 Å². The van der Waals surface area contributed by atoms with Gasteiger partial charge in [-0.25, -0.2) is 0 Å². The second-order valence-corrected chi connectivity index (χ2v) is 6.29. The fraction of sp³-hybridized carbons (Fsp3) is 0.136. The van der Waals surface area contributed by atoms with E-state index in [0.717, 1.165) is 28.0 Å². The van der Waals surface area contributed by atoms with Crippen LogP contribution in [0.4, 0.5) is 0 Å². The van der Waals surface area contributed by atoms with Crippen LogP contribution >= 0.6 is 0 Å². The van der Waals surface area contributed by atoms with Crippen LogP contribution in [0.3, 0.4) is 0 Å². The van der Waals surface area contributed by atoms with E-state index >= 15 is 0 Å². The SMILES string of the molecule is COc1ccc(C2(c3cccc(-c4cccnc4)c3)COC(OC=O)=N2)cc1.N. The minimum atomic E-state index is -0.831. The summed E-state index contributed by atoms with van der Waals surface area (Å²) in [6.07, 6.45) is 3.51. The summed E-state index contributed by atoms with van der Waals surface area (Å²) in [6.45, 7) is 0.536. The summed E-state index contributed by atoms with van der Waals surface area (Å²) in [7, 11) is 1.62. The van der Waals surface area contributed by atoms with E-state index in [1.807, 2.05) is 60.8 Å². The molecule has 2 heterocycles. The van der Waals surface area contributed by atoms with E-state index in [-0.39, 0.29) is 18.8 Å². The van der Waals surface area contributed by atoms with Crippen molar-refractivity contribution in [3.05, 3.63) is 84.2 Å². The van der Waals surface area contributed by atoms with Gasteiger partial charge in [0.2, 0.25) is 0 Å². The molecule has 148 valence electrons. The number of aliphatic imine (C=N–C) groups is 1. The molecule has 1 unspecified atom stereocenters. The predicted molar refractivity (Wildman–Crippen MR) is 109 cm³/mol. The van der Waals surface area contributed by atoms with E-state index in [9.17, 15) is 4.79 Å². The van der Waals surface area contributed by atoms with Crippen molar-refractivity contribution in [1.82, 2.24) is 11.1 Å². The molecule has 0 saturated heterocycles. The Bertz CT molecular complexity index is 1010. The Hall–Kier alpha value is -3.71. The lowest BCUT2D eigenvalue weighted by Crippen LogP contribution is -2.27. The number of methoxy groups -OCH3 is 1. The molecular formula is C22H21N3O4. The van der Waals surface area contributed by atoms with Gasteiger partial charge in [-0.3, -0.25) is 9.78 Å². The Balaban J connectivity index is 0.00000240. The van der Waals surface area contributed by atoms with Crippen molar-refractivity contribution in [2.75, 3.05) is 13.7 Å². The van der Waals surface area contributed by atoms with Crippen molar-refractivity contribution >= 4 is 12.6 Å². The first-order valence-electron chi connectivity index (χ1n) is 8.73. The van der Waals surface area contributed by atoms with Crippen LogP contribution in [0.2, 0.25) is 0 Å². The van der Waals surface area contributed by atoms with E-state index in [1.54, 1.807) is 13.3 Å². The second-order valence-electron chi connectivity index (χ2n) is 6.29. The molecule has 0 amide bonds.